The van der Waals surface area contributed by atoms with Gasteiger partial charge in [0.1, 0.15) is 11.4 Å². The van der Waals surface area contributed by atoms with Crippen molar-refractivity contribution >= 4 is 11.6 Å². The minimum absolute atomic E-state index is 0.0141. The second-order valence-electron chi connectivity index (χ2n) is 6.16. The van der Waals surface area contributed by atoms with Crippen molar-refractivity contribution in [3.63, 3.8) is 0 Å². The van der Waals surface area contributed by atoms with Gasteiger partial charge in [-0.25, -0.2) is 0 Å². The molecule has 4 heteroatoms. The molecular weight excluding hydrogens is 272 g/mol. The van der Waals surface area contributed by atoms with Gasteiger partial charge in [-0.05, 0) is 62.5 Å². The summed E-state index contributed by atoms with van der Waals surface area (Å²) in [5.41, 5.74) is 8.04. The molecule has 0 aliphatic carbocycles. The van der Waals surface area contributed by atoms with Crippen molar-refractivity contribution in [2.24, 2.45) is 5.73 Å². The van der Waals surface area contributed by atoms with E-state index in [1.165, 1.54) is 5.56 Å². The predicted molar refractivity (Wildman–Crippen MR) is 82.6 cm³/mol. The van der Waals surface area contributed by atoms with E-state index in [0.717, 1.165) is 68.2 Å². The van der Waals surface area contributed by atoms with Crippen molar-refractivity contribution in [1.29, 1.82) is 0 Å². The first-order valence-corrected chi connectivity index (χ1v) is 7.90. The summed E-state index contributed by atoms with van der Waals surface area (Å²) < 4.78 is 6.44. The number of halogens is 1. The van der Waals surface area contributed by atoms with Gasteiger partial charge in [0, 0.05) is 24.5 Å². The molecule has 1 atom stereocenters. The summed E-state index contributed by atoms with van der Waals surface area (Å²) in [4.78, 5) is 2.49. The van der Waals surface area contributed by atoms with Crippen LogP contribution in [0.25, 0.3) is 0 Å². The molecule has 3 rings (SSSR count). The van der Waals surface area contributed by atoms with Gasteiger partial charge in [-0.3, -0.25) is 4.90 Å². The van der Waals surface area contributed by atoms with Gasteiger partial charge in [0.2, 0.25) is 0 Å². The summed E-state index contributed by atoms with van der Waals surface area (Å²) in [6, 6.07) is 4.05. The van der Waals surface area contributed by atoms with Crippen LogP contribution in [0.5, 0.6) is 5.75 Å². The predicted octanol–water partition coefficient (Wildman–Crippen LogP) is 2.77. The Kier molecular flexibility index (Phi) is 3.93. The summed E-state index contributed by atoms with van der Waals surface area (Å²) in [5.74, 6) is 1.07. The lowest BCUT2D eigenvalue weighted by atomic mass is 9.89. The zero-order chi connectivity index (χ0) is 14.2. The maximum Gasteiger partial charge on any atom is 0.126 e. The molecule has 2 aliphatic rings. The molecule has 1 aromatic carbocycles. The second-order valence-corrected chi connectivity index (χ2v) is 6.60. The molecule has 1 saturated heterocycles. The number of nitrogens with zero attached hydrogens (tertiary/aromatic N) is 1. The van der Waals surface area contributed by atoms with E-state index in [-0.39, 0.29) is 5.60 Å². The van der Waals surface area contributed by atoms with Crippen LogP contribution >= 0.6 is 11.6 Å². The Morgan fingerprint density at radius 1 is 1.40 bits per heavy atom. The largest absolute Gasteiger partial charge is 0.485 e. The quantitative estimate of drug-likeness (QED) is 0.931. The fraction of sp³-hybridized carbons (Fsp3) is 0.625. The number of rotatable bonds is 3. The number of benzene rings is 1. The molecule has 1 unspecified atom stereocenters. The second kappa shape index (κ2) is 5.55. The molecule has 1 aromatic rings. The normalized spacial score (nSPS) is 25.8. The first-order chi connectivity index (χ1) is 9.62. The highest BCUT2D eigenvalue weighted by Crippen LogP contribution is 2.41. The third-order valence-corrected chi connectivity index (χ3v) is 4.78. The van der Waals surface area contributed by atoms with Crippen LogP contribution in [-0.4, -0.2) is 36.7 Å². The molecule has 1 spiro atoms. The van der Waals surface area contributed by atoms with E-state index in [9.17, 15) is 0 Å². The molecule has 2 N–H and O–H groups in total. The van der Waals surface area contributed by atoms with Crippen molar-refractivity contribution < 1.29 is 4.74 Å². The average Bonchev–Trinajstić information content (AvgIpc) is 2.81. The van der Waals surface area contributed by atoms with Crippen LogP contribution in [0.15, 0.2) is 12.1 Å². The van der Waals surface area contributed by atoms with E-state index in [0.29, 0.717) is 0 Å². The van der Waals surface area contributed by atoms with Gasteiger partial charge < -0.3 is 10.5 Å². The number of hydrogen-bond donors (Lipinski definition) is 1. The minimum Gasteiger partial charge on any atom is -0.485 e. The first-order valence-electron chi connectivity index (χ1n) is 7.52. The van der Waals surface area contributed by atoms with Crippen LogP contribution in [0.2, 0.25) is 5.02 Å². The Bertz CT molecular complexity index is 505. The lowest BCUT2D eigenvalue weighted by molar-refractivity contribution is 0.0537. The Labute approximate surface area is 126 Å². The monoisotopic (exact) mass is 294 g/mol. The highest BCUT2D eigenvalue weighted by molar-refractivity contribution is 6.30. The summed E-state index contributed by atoms with van der Waals surface area (Å²) >= 11 is 6.14. The van der Waals surface area contributed by atoms with E-state index >= 15 is 0 Å². The molecule has 0 radical (unpaired) electrons. The Morgan fingerprint density at radius 3 is 3.05 bits per heavy atom. The van der Waals surface area contributed by atoms with E-state index in [1.54, 1.807) is 0 Å². The van der Waals surface area contributed by atoms with Gasteiger partial charge in [0.25, 0.3) is 0 Å². The Morgan fingerprint density at radius 2 is 2.25 bits per heavy atom. The highest BCUT2D eigenvalue weighted by atomic mass is 35.5. The maximum absolute atomic E-state index is 6.44. The van der Waals surface area contributed by atoms with E-state index in [1.807, 2.05) is 6.07 Å². The van der Waals surface area contributed by atoms with Gasteiger partial charge in [0.15, 0.2) is 0 Å². The molecule has 0 amide bonds. The summed E-state index contributed by atoms with van der Waals surface area (Å²) in [5, 5.41) is 0.816. The van der Waals surface area contributed by atoms with Crippen LogP contribution in [0.1, 0.15) is 30.4 Å². The van der Waals surface area contributed by atoms with Crippen molar-refractivity contribution in [3.8, 4) is 5.75 Å². The highest BCUT2D eigenvalue weighted by Gasteiger charge is 2.42. The standard InChI is InChI=1S/C16H23ClN2O/c1-12-9-14(17)10-13-3-4-16(20-15(12)13)5-8-19(11-16)7-2-6-18/h9-10H,2-8,11,18H2,1H3. The van der Waals surface area contributed by atoms with Gasteiger partial charge in [-0.15, -0.1) is 0 Å². The fourth-order valence-corrected chi connectivity index (χ4v) is 3.78. The molecule has 0 aromatic heterocycles. The van der Waals surface area contributed by atoms with E-state index in [2.05, 4.69) is 17.9 Å². The van der Waals surface area contributed by atoms with Crippen molar-refractivity contribution in [2.75, 3.05) is 26.2 Å². The van der Waals surface area contributed by atoms with Crippen LogP contribution in [0.4, 0.5) is 0 Å². The Balaban J connectivity index is 1.76. The topological polar surface area (TPSA) is 38.5 Å². The fourth-order valence-electron chi connectivity index (χ4n) is 3.48. The molecule has 0 saturated carbocycles. The summed E-state index contributed by atoms with van der Waals surface area (Å²) in [6.45, 7) is 6.11. The van der Waals surface area contributed by atoms with Gasteiger partial charge >= 0.3 is 0 Å². The van der Waals surface area contributed by atoms with Gasteiger partial charge in [-0.1, -0.05) is 11.6 Å². The number of fused-ring (bicyclic) bond motifs is 1. The van der Waals surface area contributed by atoms with Crippen LogP contribution in [0.3, 0.4) is 0 Å². The third-order valence-electron chi connectivity index (χ3n) is 4.56. The maximum atomic E-state index is 6.44. The van der Waals surface area contributed by atoms with Gasteiger partial charge in [0.05, 0.1) is 0 Å². The zero-order valence-corrected chi connectivity index (χ0v) is 12.9. The lowest BCUT2D eigenvalue weighted by Crippen LogP contribution is -2.42. The number of hydrogen-bond acceptors (Lipinski definition) is 3. The number of aryl methyl sites for hydroxylation is 2. The van der Waals surface area contributed by atoms with Crippen molar-refractivity contribution in [1.82, 2.24) is 4.90 Å². The number of likely N-dealkylation sites (tertiary alicyclic amines) is 1. The third kappa shape index (κ3) is 2.67. The number of ether oxygens (including phenoxy) is 1. The average molecular weight is 295 g/mol. The lowest BCUT2D eigenvalue weighted by Gasteiger charge is -2.36. The van der Waals surface area contributed by atoms with E-state index in [4.69, 9.17) is 22.1 Å². The minimum atomic E-state index is 0.0141. The first kappa shape index (κ1) is 14.2. The molecular formula is C16H23ClN2O. The zero-order valence-electron chi connectivity index (χ0n) is 12.1. The molecule has 2 heterocycles. The molecule has 0 bridgehead atoms. The van der Waals surface area contributed by atoms with E-state index < -0.39 is 0 Å². The smallest absolute Gasteiger partial charge is 0.126 e. The van der Waals surface area contributed by atoms with Crippen molar-refractivity contribution in [2.45, 2.75) is 38.2 Å². The molecule has 20 heavy (non-hydrogen) atoms. The summed E-state index contributed by atoms with van der Waals surface area (Å²) in [7, 11) is 0. The number of nitrogens with two attached hydrogens (primary N) is 1. The van der Waals surface area contributed by atoms with Crippen LogP contribution < -0.4 is 10.5 Å². The summed E-state index contributed by atoms with van der Waals surface area (Å²) in [6.07, 6.45) is 4.36. The van der Waals surface area contributed by atoms with Crippen LogP contribution in [-0.2, 0) is 6.42 Å². The Hall–Kier alpha value is -0.770. The molecule has 1 fully saturated rings. The molecule has 3 nitrogen and oxygen atoms in total. The molecule has 2 aliphatic heterocycles. The van der Waals surface area contributed by atoms with Crippen LogP contribution in [0, 0.1) is 6.92 Å². The van der Waals surface area contributed by atoms with Gasteiger partial charge in [-0.2, -0.15) is 0 Å². The molecule has 110 valence electrons. The SMILES string of the molecule is Cc1cc(Cl)cc2c1OC1(CC2)CCN(CCCN)C1. The van der Waals surface area contributed by atoms with Crippen molar-refractivity contribution in [3.05, 3.63) is 28.3 Å².